The Balaban J connectivity index is 2.98. The Hall–Kier alpha value is -1.66. The van der Waals surface area contributed by atoms with E-state index >= 15 is 0 Å². The zero-order valence-electron chi connectivity index (χ0n) is 10.2. The molecule has 6 heteroatoms. The van der Waals surface area contributed by atoms with Crippen LogP contribution in [0.1, 0.15) is 15.9 Å². The summed E-state index contributed by atoms with van der Waals surface area (Å²) in [6.45, 7) is 1.30. The molecule has 0 radical (unpaired) electrons. The molecule has 100 valence electrons. The lowest BCUT2D eigenvalue weighted by Crippen LogP contribution is -2.23. The van der Waals surface area contributed by atoms with Crippen molar-refractivity contribution in [3.05, 3.63) is 29.1 Å². The fraction of sp³-hybridized carbons (Fsp3) is 0.417. The van der Waals surface area contributed by atoms with Gasteiger partial charge in [0.05, 0.1) is 19.8 Å². The van der Waals surface area contributed by atoms with Crippen molar-refractivity contribution in [2.24, 2.45) is 0 Å². The molecule has 0 amide bonds. The second kappa shape index (κ2) is 6.32. The van der Waals surface area contributed by atoms with Gasteiger partial charge in [-0.2, -0.15) is 0 Å². The third-order valence-electron chi connectivity index (χ3n) is 2.54. The van der Waals surface area contributed by atoms with Gasteiger partial charge in [0.15, 0.2) is 0 Å². The summed E-state index contributed by atoms with van der Waals surface area (Å²) in [5.74, 6) is -1.41. The number of anilines is 1. The van der Waals surface area contributed by atoms with Crippen LogP contribution in [0.25, 0.3) is 0 Å². The maximum Gasteiger partial charge on any atom is 0.341 e. The largest absolute Gasteiger partial charge is 0.465 e. The van der Waals surface area contributed by atoms with Crippen molar-refractivity contribution in [1.82, 2.24) is 0 Å². The van der Waals surface area contributed by atoms with Gasteiger partial charge in [-0.3, -0.25) is 0 Å². The Morgan fingerprint density at radius 2 is 2.22 bits per heavy atom. The van der Waals surface area contributed by atoms with Crippen molar-refractivity contribution in [3.8, 4) is 0 Å². The van der Waals surface area contributed by atoms with E-state index in [9.17, 15) is 14.3 Å². The van der Waals surface area contributed by atoms with E-state index in [1.807, 2.05) is 0 Å². The standard InChI is InChI=1S/C12H16FNO4/c1-7-10(14-5-8(16)6-15)4-3-9(13)11(7)12(17)18-2/h3-4,8,14-16H,5-6H2,1-2H3. The molecule has 0 saturated carbocycles. The van der Waals surface area contributed by atoms with E-state index in [-0.39, 0.29) is 18.7 Å². The van der Waals surface area contributed by atoms with Gasteiger partial charge in [-0.1, -0.05) is 0 Å². The van der Waals surface area contributed by atoms with Gasteiger partial charge in [0, 0.05) is 12.2 Å². The summed E-state index contributed by atoms with van der Waals surface area (Å²) in [7, 11) is 1.18. The average Bonchev–Trinajstić information content (AvgIpc) is 2.37. The van der Waals surface area contributed by atoms with Gasteiger partial charge in [0.25, 0.3) is 0 Å². The minimum absolute atomic E-state index is 0.101. The number of methoxy groups -OCH3 is 1. The van der Waals surface area contributed by atoms with Gasteiger partial charge in [0.1, 0.15) is 11.4 Å². The Bertz CT molecular complexity index is 436. The average molecular weight is 257 g/mol. The number of carbonyl (C=O) groups excluding carboxylic acids is 1. The summed E-state index contributed by atoms with van der Waals surface area (Å²) in [6.07, 6.45) is -0.920. The Labute approximate surface area is 104 Å². The van der Waals surface area contributed by atoms with Crippen LogP contribution < -0.4 is 5.32 Å². The zero-order valence-corrected chi connectivity index (χ0v) is 10.2. The number of halogens is 1. The topological polar surface area (TPSA) is 78.8 Å². The molecule has 1 unspecified atom stereocenters. The Kier molecular flexibility index (Phi) is 5.06. The number of hydrogen-bond acceptors (Lipinski definition) is 5. The van der Waals surface area contributed by atoms with Crippen LogP contribution in [-0.2, 0) is 4.74 Å². The molecule has 1 atom stereocenters. The van der Waals surface area contributed by atoms with Crippen LogP contribution in [0.3, 0.4) is 0 Å². The summed E-state index contributed by atoms with van der Waals surface area (Å²) in [5, 5.41) is 20.7. The molecule has 0 fully saturated rings. The minimum Gasteiger partial charge on any atom is -0.465 e. The van der Waals surface area contributed by atoms with Crippen molar-refractivity contribution < 1.29 is 24.1 Å². The number of aliphatic hydroxyl groups excluding tert-OH is 2. The first-order valence-corrected chi connectivity index (χ1v) is 5.41. The van der Waals surface area contributed by atoms with Crippen LogP contribution in [0.5, 0.6) is 0 Å². The summed E-state index contributed by atoms with van der Waals surface area (Å²) in [6, 6.07) is 2.61. The van der Waals surface area contributed by atoms with Crippen molar-refractivity contribution >= 4 is 11.7 Å². The van der Waals surface area contributed by atoms with Gasteiger partial charge in [-0.15, -0.1) is 0 Å². The lowest BCUT2D eigenvalue weighted by Gasteiger charge is -2.14. The predicted molar refractivity (Wildman–Crippen MR) is 64.1 cm³/mol. The Morgan fingerprint density at radius 1 is 1.56 bits per heavy atom. The highest BCUT2D eigenvalue weighted by atomic mass is 19.1. The number of benzene rings is 1. The molecular formula is C12H16FNO4. The summed E-state index contributed by atoms with van der Waals surface area (Å²) < 4.78 is 18.0. The monoisotopic (exact) mass is 257 g/mol. The van der Waals surface area contributed by atoms with Gasteiger partial charge < -0.3 is 20.3 Å². The fourth-order valence-corrected chi connectivity index (χ4v) is 1.52. The summed E-state index contributed by atoms with van der Waals surface area (Å²) in [5.41, 5.74) is 0.761. The van der Waals surface area contributed by atoms with E-state index in [1.54, 1.807) is 6.92 Å². The van der Waals surface area contributed by atoms with E-state index in [1.165, 1.54) is 13.2 Å². The Morgan fingerprint density at radius 3 is 2.78 bits per heavy atom. The molecule has 0 spiro atoms. The highest BCUT2D eigenvalue weighted by molar-refractivity contribution is 5.93. The normalized spacial score (nSPS) is 12.1. The quantitative estimate of drug-likeness (QED) is 0.676. The second-order valence-electron chi connectivity index (χ2n) is 3.80. The molecule has 1 aromatic rings. The first kappa shape index (κ1) is 14.4. The second-order valence-corrected chi connectivity index (χ2v) is 3.80. The molecule has 3 N–H and O–H groups in total. The van der Waals surface area contributed by atoms with Crippen LogP contribution >= 0.6 is 0 Å². The van der Waals surface area contributed by atoms with Crippen LogP contribution in [-0.4, -0.2) is 42.5 Å². The molecule has 0 saturated heterocycles. The lowest BCUT2D eigenvalue weighted by molar-refractivity contribution is 0.0594. The van der Waals surface area contributed by atoms with E-state index in [2.05, 4.69) is 10.1 Å². The van der Waals surface area contributed by atoms with Crippen LogP contribution in [0.2, 0.25) is 0 Å². The minimum atomic E-state index is -0.920. The summed E-state index contributed by atoms with van der Waals surface area (Å²) in [4.78, 5) is 11.4. The smallest absolute Gasteiger partial charge is 0.341 e. The zero-order chi connectivity index (χ0) is 13.7. The van der Waals surface area contributed by atoms with Gasteiger partial charge >= 0.3 is 5.97 Å². The predicted octanol–water partition coefficient (Wildman–Crippen LogP) is 0.686. The van der Waals surface area contributed by atoms with Crippen LogP contribution in [0.4, 0.5) is 10.1 Å². The number of aliphatic hydroxyl groups is 2. The van der Waals surface area contributed by atoms with Gasteiger partial charge in [-0.05, 0) is 24.6 Å². The molecule has 0 heterocycles. The first-order valence-electron chi connectivity index (χ1n) is 5.41. The number of hydrogen-bond donors (Lipinski definition) is 3. The molecule has 18 heavy (non-hydrogen) atoms. The molecule has 0 aliphatic carbocycles. The summed E-state index contributed by atoms with van der Waals surface area (Å²) >= 11 is 0. The molecular weight excluding hydrogens is 241 g/mol. The number of nitrogens with one attached hydrogen (secondary N) is 1. The maximum atomic E-state index is 13.5. The highest BCUT2D eigenvalue weighted by Gasteiger charge is 2.18. The third kappa shape index (κ3) is 3.18. The van der Waals surface area contributed by atoms with E-state index < -0.39 is 17.9 Å². The molecule has 0 aliphatic rings. The van der Waals surface area contributed by atoms with E-state index in [0.717, 1.165) is 6.07 Å². The third-order valence-corrected chi connectivity index (χ3v) is 2.54. The lowest BCUT2D eigenvalue weighted by atomic mass is 10.1. The number of rotatable bonds is 5. The van der Waals surface area contributed by atoms with Crippen molar-refractivity contribution in [2.45, 2.75) is 13.0 Å². The molecule has 0 bridgehead atoms. The van der Waals surface area contributed by atoms with Crippen molar-refractivity contribution in [3.63, 3.8) is 0 Å². The molecule has 5 nitrogen and oxygen atoms in total. The number of ether oxygens (including phenoxy) is 1. The van der Waals surface area contributed by atoms with Crippen molar-refractivity contribution in [2.75, 3.05) is 25.6 Å². The van der Waals surface area contributed by atoms with Gasteiger partial charge in [-0.25, -0.2) is 9.18 Å². The first-order chi connectivity index (χ1) is 8.51. The van der Waals surface area contributed by atoms with Crippen molar-refractivity contribution in [1.29, 1.82) is 0 Å². The maximum absolute atomic E-state index is 13.5. The van der Waals surface area contributed by atoms with Gasteiger partial charge in [0.2, 0.25) is 0 Å². The van der Waals surface area contributed by atoms with E-state index in [0.29, 0.717) is 11.3 Å². The highest BCUT2D eigenvalue weighted by Crippen LogP contribution is 2.22. The molecule has 1 rings (SSSR count). The number of carbonyl (C=O) groups is 1. The number of esters is 1. The van der Waals surface area contributed by atoms with Crippen LogP contribution in [0.15, 0.2) is 12.1 Å². The molecule has 0 aromatic heterocycles. The SMILES string of the molecule is COC(=O)c1c(F)ccc(NCC(O)CO)c1C. The fourth-order valence-electron chi connectivity index (χ4n) is 1.52. The molecule has 1 aromatic carbocycles. The van der Waals surface area contributed by atoms with Crippen LogP contribution in [0, 0.1) is 12.7 Å². The molecule has 0 aliphatic heterocycles. The van der Waals surface area contributed by atoms with E-state index in [4.69, 9.17) is 5.11 Å².